The van der Waals surface area contributed by atoms with Crippen molar-refractivity contribution in [3.63, 3.8) is 0 Å². The Morgan fingerprint density at radius 1 is 1.00 bits per heavy atom. The normalized spacial score (nSPS) is 18.9. The second-order valence-electron chi connectivity index (χ2n) is 6.57. The van der Waals surface area contributed by atoms with Crippen LogP contribution in [0.15, 0.2) is 11.1 Å². The average Bonchev–Trinajstić information content (AvgIpc) is 2.27. The van der Waals surface area contributed by atoms with Crippen molar-refractivity contribution < 1.29 is 19.8 Å². The molecule has 4 nitrogen and oxygen atoms in total. The van der Waals surface area contributed by atoms with Crippen LogP contribution in [0.3, 0.4) is 0 Å². The molecule has 0 aliphatic heterocycles. The lowest BCUT2D eigenvalue weighted by atomic mass is 9.78. The number of carboxylic acids is 2. The first-order valence-electron chi connectivity index (χ1n) is 6.92. The summed E-state index contributed by atoms with van der Waals surface area (Å²) in [5, 5.41) is 18.8. The minimum atomic E-state index is -1.09. The molecule has 1 aliphatic rings. The average molecular weight is 268 g/mol. The van der Waals surface area contributed by atoms with Gasteiger partial charge >= 0.3 is 11.9 Å². The Labute approximate surface area is 114 Å². The Morgan fingerprint density at radius 2 is 1.53 bits per heavy atom. The first kappa shape index (κ1) is 15.7. The molecule has 1 saturated carbocycles. The lowest BCUT2D eigenvalue weighted by Gasteiger charge is -2.26. The molecule has 0 aromatic carbocycles. The van der Waals surface area contributed by atoms with E-state index in [4.69, 9.17) is 0 Å². The summed E-state index contributed by atoms with van der Waals surface area (Å²) in [5.41, 5.74) is -0.00247. The van der Waals surface area contributed by atoms with Crippen LogP contribution in [0.5, 0.6) is 0 Å². The van der Waals surface area contributed by atoms with Gasteiger partial charge in [0.25, 0.3) is 0 Å². The number of carboxylic acid groups (broad SMARTS) is 2. The van der Waals surface area contributed by atoms with Crippen LogP contribution < -0.4 is 0 Å². The van der Waals surface area contributed by atoms with Crippen LogP contribution in [0, 0.1) is 11.3 Å². The first-order valence-corrected chi connectivity index (χ1v) is 6.92. The number of carbonyl (C=O) groups is 2. The van der Waals surface area contributed by atoms with Crippen LogP contribution in [0.2, 0.25) is 0 Å². The van der Waals surface area contributed by atoms with Crippen LogP contribution >= 0.6 is 0 Å². The molecular formula is C15H24O4. The highest BCUT2D eigenvalue weighted by atomic mass is 16.4. The minimum Gasteiger partial charge on any atom is -0.478 e. The van der Waals surface area contributed by atoms with Gasteiger partial charge in [0, 0.05) is 5.57 Å². The van der Waals surface area contributed by atoms with E-state index in [0.717, 1.165) is 32.1 Å². The Kier molecular flexibility index (Phi) is 5.15. The van der Waals surface area contributed by atoms with Gasteiger partial charge in [0.15, 0.2) is 0 Å². The van der Waals surface area contributed by atoms with Crippen molar-refractivity contribution >= 4 is 11.9 Å². The monoisotopic (exact) mass is 268 g/mol. The molecular weight excluding hydrogens is 244 g/mol. The number of aliphatic carboxylic acids is 2. The molecule has 108 valence electrons. The molecule has 0 radical (unpaired) electrons. The molecule has 19 heavy (non-hydrogen) atoms. The standard InChI is InChI=1S/C15H24O4/c1-15(2,3)9-11(13(16)17)12(14(18)19)10-7-5-4-6-8-10/h10H,4-9H2,1-3H3,(H,16,17)(H,18,19). The Bertz CT molecular complexity index is 381. The van der Waals surface area contributed by atoms with Gasteiger partial charge in [-0.25, -0.2) is 9.59 Å². The van der Waals surface area contributed by atoms with Gasteiger partial charge in [-0.2, -0.15) is 0 Å². The maximum atomic E-state index is 11.5. The first-order chi connectivity index (χ1) is 8.72. The van der Waals surface area contributed by atoms with E-state index < -0.39 is 11.9 Å². The molecule has 0 saturated heterocycles. The van der Waals surface area contributed by atoms with Crippen molar-refractivity contribution in [2.45, 2.75) is 59.3 Å². The van der Waals surface area contributed by atoms with Gasteiger partial charge in [-0.3, -0.25) is 0 Å². The third kappa shape index (κ3) is 4.69. The fraction of sp³-hybridized carbons (Fsp3) is 0.733. The van der Waals surface area contributed by atoms with Crippen molar-refractivity contribution in [2.75, 3.05) is 0 Å². The summed E-state index contributed by atoms with van der Waals surface area (Å²) in [6.07, 6.45) is 4.98. The van der Waals surface area contributed by atoms with E-state index in [0.29, 0.717) is 6.42 Å². The van der Waals surface area contributed by atoms with E-state index >= 15 is 0 Å². The second kappa shape index (κ2) is 6.22. The third-order valence-electron chi connectivity index (χ3n) is 3.53. The molecule has 1 fully saturated rings. The van der Waals surface area contributed by atoms with Crippen LogP contribution in [-0.2, 0) is 9.59 Å². The van der Waals surface area contributed by atoms with E-state index in [9.17, 15) is 19.8 Å². The predicted octanol–water partition coefficient (Wildman–Crippen LogP) is 3.47. The maximum absolute atomic E-state index is 11.5. The van der Waals surface area contributed by atoms with Crippen molar-refractivity contribution in [3.05, 3.63) is 11.1 Å². The van der Waals surface area contributed by atoms with E-state index in [1.165, 1.54) is 0 Å². The molecule has 0 atom stereocenters. The number of hydrogen-bond donors (Lipinski definition) is 2. The van der Waals surface area contributed by atoms with Crippen LogP contribution in [0.1, 0.15) is 59.3 Å². The molecule has 0 unspecified atom stereocenters. The summed E-state index contributed by atoms with van der Waals surface area (Å²) in [6.45, 7) is 5.78. The summed E-state index contributed by atoms with van der Waals surface area (Å²) in [6, 6.07) is 0. The second-order valence-corrected chi connectivity index (χ2v) is 6.57. The van der Waals surface area contributed by atoms with Gasteiger partial charge in [0.05, 0.1) is 5.57 Å². The summed E-state index contributed by atoms with van der Waals surface area (Å²) >= 11 is 0. The molecule has 0 aromatic rings. The topological polar surface area (TPSA) is 74.6 Å². The van der Waals surface area contributed by atoms with E-state index in [1.54, 1.807) is 0 Å². The van der Waals surface area contributed by atoms with Crippen molar-refractivity contribution in [1.29, 1.82) is 0 Å². The highest BCUT2D eigenvalue weighted by Crippen LogP contribution is 2.35. The Hall–Kier alpha value is -1.32. The van der Waals surface area contributed by atoms with Crippen LogP contribution in [-0.4, -0.2) is 22.2 Å². The highest BCUT2D eigenvalue weighted by molar-refractivity contribution is 5.99. The van der Waals surface area contributed by atoms with Crippen molar-refractivity contribution in [2.24, 2.45) is 11.3 Å². The highest BCUT2D eigenvalue weighted by Gasteiger charge is 2.31. The quantitative estimate of drug-likeness (QED) is 0.765. The molecule has 0 heterocycles. The summed E-state index contributed by atoms with van der Waals surface area (Å²) in [5.74, 6) is -2.24. The lowest BCUT2D eigenvalue weighted by molar-refractivity contribution is -0.136. The molecule has 1 aliphatic carbocycles. The summed E-state index contributed by atoms with van der Waals surface area (Å²) in [7, 11) is 0. The summed E-state index contributed by atoms with van der Waals surface area (Å²) < 4.78 is 0. The molecule has 0 spiro atoms. The molecule has 2 N–H and O–H groups in total. The van der Waals surface area contributed by atoms with Gasteiger partial charge in [0.2, 0.25) is 0 Å². The molecule has 0 amide bonds. The fourth-order valence-corrected chi connectivity index (χ4v) is 2.76. The largest absolute Gasteiger partial charge is 0.478 e. The molecule has 4 heteroatoms. The zero-order valence-electron chi connectivity index (χ0n) is 12.0. The zero-order chi connectivity index (χ0) is 14.6. The predicted molar refractivity (Wildman–Crippen MR) is 72.9 cm³/mol. The van der Waals surface area contributed by atoms with Crippen LogP contribution in [0.4, 0.5) is 0 Å². The van der Waals surface area contributed by atoms with Crippen LogP contribution in [0.25, 0.3) is 0 Å². The molecule has 0 aromatic heterocycles. The van der Waals surface area contributed by atoms with Gasteiger partial charge in [-0.1, -0.05) is 40.0 Å². The van der Waals surface area contributed by atoms with Gasteiger partial charge in [-0.05, 0) is 30.6 Å². The number of hydrogen-bond acceptors (Lipinski definition) is 2. The Morgan fingerprint density at radius 3 is 1.89 bits per heavy atom. The molecule has 0 bridgehead atoms. The van der Waals surface area contributed by atoms with Gasteiger partial charge < -0.3 is 10.2 Å². The summed E-state index contributed by atoms with van der Waals surface area (Å²) in [4.78, 5) is 23.0. The SMILES string of the molecule is CC(C)(C)CC(C(=O)O)=C(C(=O)O)C1CCCCC1. The van der Waals surface area contributed by atoms with E-state index in [2.05, 4.69) is 0 Å². The van der Waals surface area contributed by atoms with E-state index in [1.807, 2.05) is 20.8 Å². The smallest absolute Gasteiger partial charge is 0.332 e. The minimum absolute atomic E-state index is 0.0897. The number of rotatable bonds is 4. The van der Waals surface area contributed by atoms with Crippen molar-refractivity contribution in [3.8, 4) is 0 Å². The molecule has 1 rings (SSSR count). The van der Waals surface area contributed by atoms with E-state index in [-0.39, 0.29) is 22.5 Å². The maximum Gasteiger partial charge on any atom is 0.332 e. The lowest BCUT2D eigenvalue weighted by Crippen LogP contribution is -2.23. The van der Waals surface area contributed by atoms with Gasteiger partial charge in [0.1, 0.15) is 0 Å². The fourth-order valence-electron chi connectivity index (χ4n) is 2.76. The van der Waals surface area contributed by atoms with Crippen molar-refractivity contribution in [1.82, 2.24) is 0 Å². The van der Waals surface area contributed by atoms with Gasteiger partial charge in [-0.15, -0.1) is 0 Å². The zero-order valence-corrected chi connectivity index (χ0v) is 12.0. The Balaban J connectivity index is 3.16. The third-order valence-corrected chi connectivity index (χ3v) is 3.53.